The number of imidazole rings is 1. The topological polar surface area (TPSA) is 122 Å². The van der Waals surface area contributed by atoms with E-state index in [2.05, 4.69) is 10.1 Å². The van der Waals surface area contributed by atoms with Crippen molar-refractivity contribution in [2.24, 2.45) is 5.16 Å². The Balaban J connectivity index is 1.34. The van der Waals surface area contributed by atoms with E-state index in [-0.39, 0.29) is 12.0 Å². The van der Waals surface area contributed by atoms with Gasteiger partial charge in [-0.25, -0.2) is 14.4 Å². The van der Waals surface area contributed by atoms with Crippen molar-refractivity contribution in [1.82, 2.24) is 19.5 Å². The molecule has 1 unspecified atom stereocenters. The molecule has 1 aliphatic rings. The van der Waals surface area contributed by atoms with Crippen molar-refractivity contribution in [3.8, 4) is 5.69 Å². The minimum Gasteiger partial charge on any atom is -0.481 e. The zero-order valence-electron chi connectivity index (χ0n) is 22.6. The van der Waals surface area contributed by atoms with Gasteiger partial charge in [-0.1, -0.05) is 23.4 Å². The molecule has 41 heavy (non-hydrogen) atoms. The van der Waals surface area contributed by atoms with Gasteiger partial charge >= 0.3 is 5.97 Å². The lowest BCUT2D eigenvalue weighted by Crippen LogP contribution is -2.25. The summed E-state index contributed by atoms with van der Waals surface area (Å²) in [6.45, 7) is 3.96. The van der Waals surface area contributed by atoms with Crippen molar-refractivity contribution in [2.75, 3.05) is 0 Å². The first-order valence-corrected chi connectivity index (χ1v) is 13.5. The van der Waals surface area contributed by atoms with Crippen molar-refractivity contribution in [2.45, 2.75) is 51.6 Å². The number of carboxylic acid groups (broad SMARTS) is 1. The van der Waals surface area contributed by atoms with E-state index in [4.69, 9.17) is 19.9 Å². The van der Waals surface area contributed by atoms with Gasteiger partial charge in [-0.2, -0.15) is 0 Å². The second kappa shape index (κ2) is 10.3. The number of nitrogens with zero attached hydrogens (tertiary/aromatic N) is 4. The van der Waals surface area contributed by atoms with E-state index in [1.54, 1.807) is 6.07 Å². The summed E-state index contributed by atoms with van der Waals surface area (Å²) in [5.74, 6) is -0.122. The third kappa shape index (κ3) is 4.97. The summed E-state index contributed by atoms with van der Waals surface area (Å²) in [7, 11) is 0. The molecule has 208 valence electrons. The lowest BCUT2D eigenvalue weighted by Gasteiger charge is -2.18. The highest BCUT2D eigenvalue weighted by atomic mass is 19.1. The second-order valence-corrected chi connectivity index (χ2v) is 10.6. The van der Waals surface area contributed by atoms with Gasteiger partial charge in [0.1, 0.15) is 11.6 Å². The first kappa shape index (κ1) is 26.4. The Bertz CT molecular complexity index is 1890. The van der Waals surface area contributed by atoms with Crippen LogP contribution in [0, 0.1) is 12.7 Å². The normalized spacial score (nSPS) is 16.7. The number of hydrogen-bond acceptors (Lipinski definition) is 6. The molecule has 3 heterocycles. The summed E-state index contributed by atoms with van der Waals surface area (Å²) in [4.78, 5) is 43.6. The molecule has 2 aromatic heterocycles. The Morgan fingerprint density at radius 3 is 2.66 bits per heavy atom. The monoisotopic (exact) mass is 553 g/mol. The van der Waals surface area contributed by atoms with Crippen LogP contribution in [0.15, 0.2) is 70.6 Å². The van der Waals surface area contributed by atoms with Crippen LogP contribution in [-0.4, -0.2) is 36.3 Å². The molecule has 0 spiro atoms. The number of hydrogen-bond donors (Lipinski definition) is 2. The fourth-order valence-electron chi connectivity index (χ4n) is 5.24. The van der Waals surface area contributed by atoms with Gasteiger partial charge in [0.15, 0.2) is 11.4 Å². The van der Waals surface area contributed by atoms with Crippen LogP contribution in [0.3, 0.4) is 0 Å². The smallest absolute Gasteiger partial charge is 0.303 e. The van der Waals surface area contributed by atoms with E-state index in [0.717, 1.165) is 22.2 Å². The number of carboxylic acids is 1. The molecule has 1 aliphatic heterocycles. The van der Waals surface area contributed by atoms with Crippen molar-refractivity contribution in [1.29, 1.82) is 0 Å². The first-order valence-electron chi connectivity index (χ1n) is 13.5. The minimum atomic E-state index is -0.874. The standard InChI is InChI=1S/C31H28FN5O4/c1-18-6-5-7-23-28(18)35-30(34-23)31(2)17-25(36-41-31)19-10-15-22-24(16-19)33-26(8-3-4-9-27(38)39)37(29(22)40)21-13-11-20(32)12-14-21/h5-7,10-16H,3-4,8-9,17H2,1-2H3,(H,34,35)(H,38,39). The maximum Gasteiger partial charge on any atom is 0.303 e. The van der Waals surface area contributed by atoms with Gasteiger partial charge < -0.3 is 14.9 Å². The molecular formula is C31H28FN5O4. The van der Waals surface area contributed by atoms with E-state index < -0.39 is 17.4 Å². The van der Waals surface area contributed by atoms with Crippen molar-refractivity contribution >= 4 is 33.6 Å². The van der Waals surface area contributed by atoms with Crippen molar-refractivity contribution in [3.63, 3.8) is 0 Å². The number of carbonyl (C=O) groups is 1. The molecule has 0 saturated carbocycles. The maximum absolute atomic E-state index is 13.7. The maximum atomic E-state index is 13.7. The van der Waals surface area contributed by atoms with Crippen LogP contribution in [0.2, 0.25) is 0 Å². The Hall–Kier alpha value is -4.86. The van der Waals surface area contributed by atoms with Gasteiger partial charge in [0.25, 0.3) is 5.56 Å². The number of aliphatic carboxylic acids is 1. The van der Waals surface area contributed by atoms with Crippen LogP contribution >= 0.6 is 0 Å². The number of H-pyrrole nitrogens is 1. The van der Waals surface area contributed by atoms with E-state index in [1.807, 2.05) is 44.2 Å². The van der Waals surface area contributed by atoms with Crippen molar-refractivity contribution < 1.29 is 19.1 Å². The minimum absolute atomic E-state index is 0.0297. The van der Waals surface area contributed by atoms with Gasteiger partial charge in [0.05, 0.1) is 33.3 Å². The number of para-hydroxylation sites is 1. The number of benzene rings is 3. The largest absolute Gasteiger partial charge is 0.481 e. The zero-order valence-corrected chi connectivity index (χ0v) is 22.6. The van der Waals surface area contributed by atoms with Gasteiger partial charge in [-0.05, 0) is 74.7 Å². The number of rotatable bonds is 8. The molecule has 0 aliphatic carbocycles. The highest BCUT2D eigenvalue weighted by Gasteiger charge is 2.39. The summed E-state index contributed by atoms with van der Waals surface area (Å²) in [6.07, 6.45) is 1.85. The number of nitrogens with one attached hydrogen (secondary N) is 1. The average Bonchev–Trinajstić information content (AvgIpc) is 3.58. The van der Waals surface area contributed by atoms with E-state index in [0.29, 0.717) is 59.6 Å². The molecule has 0 amide bonds. The van der Waals surface area contributed by atoms with E-state index in [9.17, 15) is 14.0 Å². The molecule has 9 nitrogen and oxygen atoms in total. The van der Waals surface area contributed by atoms with Gasteiger partial charge in [-0.3, -0.25) is 14.2 Å². The predicted octanol–water partition coefficient (Wildman–Crippen LogP) is 5.55. The quantitative estimate of drug-likeness (QED) is 0.243. The summed E-state index contributed by atoms with van der Waals surface area (Å²) in [5, 5.41) is 13.8. The number of aromatic nitrogens is 4. The van der Waals surface area contributed by atoms with Crippen LogP contribution in [0.25, 0.3) is 27.6 Å². The van der Waals surface area contributed by atoms with Crippen LogP contribution in [-0.2, 0) is 21.7 Å². The molecular weight excluding hydrogens is 525 g/mol. The fraction of sp³-hybridized carbons (Fsp3) is 0.258. The molecule has 3 aromatic carbocycles. The summed E-state index contributed by atoms with van der Waals surface area (Å²) in [5.41, 5.74) is 4.32. The number of fused-ring (bicyclic) bond motifs is 2. The Labute approximate surface area is 234 Å². The number of unbranched alkanes of at least 4 members (excludes halogenated alkanes) is 1. The molecule has 10 heteroatoms. The molecule has 0 radical (unpaired) electrons. The van der Waals surface area contributed by atoms with Gasteiger partial charge in [0, 0.05) is 24.8 Å². The van der Waals surface area contributed by atoms with Crippen LogP contribution < -0.4 is 5.56 Å². The van der Waals surface area contributed by atoms with Gasteiger partial charge in [-0.15, -0.1) is 0 Å². The second-order valence-electron chi connectivity index (χ2n) is 10.6. The average molecular weight is 554 g/mol. The van der Waals surface area contributed by atoms with E-state index in [1.165, 1.54) is 28.8 Å². The summed E-state index contributed by atoms with van der Waals surface area (Å²) in [6, 6.07) is 17.0. The van der Waals surface area contributed by atoms with Crippen molar-refractivity contribution in [3.05, 3.63) is 99.6 Å². The Morgan fingerprint density at radius 2 is 1.90 bits per heavy atom. The first-order chi connectivity index (χ1) is 19.7. The number of aryl methyl sites for hydroxylation is 2. The van der Waals surface area contributed by atoms with E-state index >= 15 is 0 Å². The molecule has 5 aromatic rings. The molecule has 0 saturated heterocycles. The third-order valence-corrected chi connectivity index (χ3v) is 7.49. The third-order valence-electron chi connectivity index (χ3n) is 7.49. The number of oxime groups is 1. The molecule has 6 rings (SSSR count). The van der Waals surface area contributed by atoms with Crippen LogP contribution in [0.5, 0.6) is 0 Å². The summed E-state index contributed by atoms with van der Waals surface area (Å²) < 4.78 is 15.1. The lowest BCUT2D eigenvalue weighted by molar-refractivity contribution is -0.137. The summed E-state index contributed by atoms with van der Waals surface area (Å²) >= 11 is 0. The highest BCUT2D eigenvalue weighted by molar-refractivity contribution is 6.04. The van der Waals surface area contributed by atoms with Gasteiger partial charge in [0.2, 0.25) is 0 Å². The molecule has 0 bridgehead atoms. The number of halogens is 1. The fourth-order valence-corrected chi connectivity index (χ4v) is 5.24. The molecule has 2 N–H and O–H groups in total. The lowest BCUT2D eigenvalue weighted by atomic mass is 9.95. The zero-order chi connectivity index (χ0) is 28.7. The Kier molecular flexibility index (Phi) is 6.61. The highest BCUT2D eigenvalue weighted by Crippen LogP contribution is 2.36. The Morgan fingerprint density at radius 1 is 1.10 bits per heavy atom. The molecule has 0 fully saturated rings. The molecule has 1 atom stereocenters. The predicted molar refractivity (Wildman–Crippen MR) is 153 cm³/mol. The SMILES string of the molecule is Cc1cccc2nc(C3(C)CC(c4ccc5c(=O)n(-c6ccc(F)cc6)c(CCCCC(=O)O)nc5c4)=NO3)[nH]c12. The van der Waals surface area contributed by atoms with Crippen LogP contribution in [0.4, 0.5) is 4.39 Å². The van der Waals surface area contributed by atoms with Crippen LogP contribution in [0.1, 0.15) is 55.4 Å². The number of aromatic amines is 1.